The number of benzene rings is 1. The third-order valence-corrected chi connectivity index (χ3v) is 3.35. The summed E-state index contributed by atoms with van der Waals surface area (Å²) in [6, 6.07) is 10.1. The van der Waals surface area contributed by atoms with E-state index in [1.807, 2.05) is 49.4 Å². The number of carbonyl (C=O) groups is 1. The maximum absolute atomic E-state index is 11.6. The fraction of sp³-hybridized carbons (Fsp3) is 0.267. The van der Waals surface area contributed by atoms with Gasteiger partial charge in [0.2, 0.25) is 0 Å². The Kier molecular flexibility index (Phi) is 4.37. The summed E-state index contributed by atoms with van der Waals surface area (Å²) in [4.78, 5) is 11.6. The summed E-state index contributed by atoms with van der Waals surface area (Å²) in [6.07, 6.45) is 5.48. The van der Waals surface area contributed by atoms with Gasteiger partial charge in [0.25, 0.3) is 0 Å². The molecular weight excluding hydrogens is 292 g/mol. The zero-order valence-corrected chi connectivity index (χ0v) is 11.8. The SMILES string of the molecule is C/C(Br)=C1/CC(C/C=C/c2ccccc2)C(=O)O1. The second-order valence-electron chi connectivity index (χ2n) is 4.33. The molecule has 1 atom stereocenters. The van der Waals surface area contributed by atoms with E-state index in [9.17, 15) is 4.79 Å². The number of ether oxygens (including phenoxy) is 1. The fourth-order valence-electron chi connectivity index (χ4n) is 1.88. The third-order valence-electron chi connectivity index (χ3n) is 2.90. The van der Waals surface area contributed by atoms with Crippen LogP contribution in [0.3, 0.4) is 0 Å². The van der Waals surface area contributed by atoms with Crippen LogP contribution < -0.4 is 0 Å². The summed E-state index contributed by atoms with van der Waals surface area (Å²) in [7, 11) is 0. The van der Waals surface area contributed by atoms with E-state index < -0.39 is 0 Å². The molecule has 1 saturated heterocycles. The molecule has 18 heavy (non-hydrogen) atoms. The molecule has 2 nitrogen and oxygen atoms in total. The molecule has 1 heterocycles. The summed E-state index contributed by atoms with van der Waals surface area (Å²) >= 11 is 3.35. The highest BCUT2D eigenvalue weighted by atomic mass is 79.9. The highest BCUT2D eigenvalue weighted by Gasteiger charge is 2.30. The second kappa shape index (κ2) is 6.01. The fourth-order valence-corrected chi connectivity index (χ4v) is 2.12. The molecule has 0 aliphatic carbocycles. The second-order valence-corrected chi connectivity index (χ2v) is 5.52. The van der Waals surface area contributed by atoms with Crippen molar-refractivity contribution in [1.29, 1.82) is 0 Å². The van der Waals surface area contributed by atoms with Crippen LogP contribution in [0.4, 0.5) is 0 Å². The Morgan fingerprint density at radius 2 is 2.17 bits per heavy atom. The van der Waals surface area contributed by atoms with Gasteiger partial charge in [-0.2, -0.15) is 0 Å². The molecule has 0 spiro atoms. The van der Waals surface area contributed by atoms with Gasteiger partial charge in [-0.1, -0.05) is 58.4 Å². The Labute approximate surface area is 115 Å². The molecule has 0 amide bonds. The Hall–Kier alpha value is -1.35. The van der Waals surface area contributed by atoms with Crippen LogP contribution in [0, 0.1) is 5.92 Å². The summed E-state index contributed by atoms with van der Waals surface area (Å²) in [5, 5.41) is 0. The summed E-state index contributed by atoms with van der Waals surface area (Å²) in [6.45, 7) is 1.89. The van der Waals surface area contributed by atoms with Crippen LogP contribution in [-0.2, 0) is 9.53 Å². The zero-order chi connectivity index (χ0) is 13.0. The first kappa shape index (κ1) is 13.1. The number of carbonyl (C=O) groups excluding carboxylic acids is 1. The van der Waals surface area contributed by atoms with E-state index in [4.69, 9.17) is 4.74 Å². The number of esters is 1. The quantitative estimate of drug-likeness (QED) is 0.779. The Morgan fingerprint density at radius 1 is 1.44 bits per heavy atom. The van der Waals surface area contributed by atoms with Crippen molar-refractivity contribution in [2.45, 2.75) is 19.8 Å². The first-order valence-corrected chi connectivity index (χ1v) is 6.74. The van der Waals surface area contributed by atoms with Gasteiger partial charge in [0, 0.05) is 10.9 Å². The molecular formula is C15H15BrO2. The molecule has 1 fully saturated rings. The van der Waals surface area contributed by atoms with Crippen LogP contribution in [0.2, 0.25) is 0 Å². The summed E-state index contributed by atoms with van der Waals surface area (Å²) < 4.78 is 6.11. The topological polar surface area (TPSA) is 26.3 Å². The normalized spacial score (nSPS) is 22.3. The lowest BCUT2D eigenvalue weighted by Crippen LogP contribution is -2.05. The lowest BCUT2D eigenvalue weighted by molar-refractivity contribution is -0.138. The predicted molar refractivity (Wildman–Crippen MR) is 75.9 cm³/mol. The lowest BCUT2D eigenvalue weighted by atomic mass is 10.0. The monoisotopic (exact) mass is 306 g/mol. The van der Waals surface area contributed by atoms with Gasteiger partial charge in [0.05, 0.1) is 5.92 Å². The third kappa shape index (κ3) is 3.33. The number of halogens is 1. The van der Waals surface area contributed by atoms with Gasteiger partial charge in [-0.05, 0) is 18.9 Å². The molecule has 1 aromatic rings. The number of cyclic esters (lactones) is 1. The largest absolute Gasteiger partial charge is 0.430 e. The Morgan fingerprint density at radius 3 is 2.78 bits per heavy atom. The standard InChI is InChI=1S/C15H15BrO2/c1-11(16)14-10-13(15(17)18-14)9-5-8-12-6-3-2-4-7-12/h2-8,13H,9-10H2,1H3/b8-5+,14-11+. The molecule has 0 aromatic heterocycles. The van der Waals surface area contributed by atoms with E-state index in [-0.39, 0.29) is 11.9 Å². The van der Waals surface area contributed by atoms with Gasteiger partial charge in [-0.25, -0.2) is 0 Å². The highest BCUT2D eigenvalue weighted by Crippen LogP contribution is 2.31. The molecule has 0 N–H and O–H groups in total. The maximum atomic E-state index is 11.6. The van der Waals surface area contributed by atoms with Gasteiger partial charge in [-0.15, -0.1) is 0 Å². The number of hydrogen-bond acceptors (Lipinski definition) is 2. The van der Waals surface area contributed by atoms with Crippen LogP contribution in [0.15, 0.2) is 46.6 Å². The first-order valence-electron chi connectivity index (χ1n) is 5.95. The highest BCUT2D eigenvalue weighted by molar-refractivity contribution is 9.11. The van der Waals surface area contributed by atoms with Crippen molar-refractivity contribution >= 4 is 28.0 Å². The minimum Gasteiger partial charge on any atom is -0.430 e. The van der Waals surface area contributed by atoms with Gasteiger partial charge >= 0.3 is 5.97 Å². The molecule has 1 aromatic carbocycles. The molecule has 1 unspecified atom stereocenters. The smallest absolute Gasteiger partial charge is 0.314 e. The maximum Gasteiger partial charge on any atom is 0.314 e. The zero-order valence-electron chi connectivity index (χ0n) is 10.2. The van der Waals surface area contributed by atoms with Crippen molar-refractivity contribution in [1.82, 2.24) is 0 Å². The Bertz CT molecular complexity index is 484. The van der Waals surface area contributed by atoms with Gasteiger partial charge in [0.1, 0.15) is 5.76 Å². The number of allylic oxidation sites excluding steroid dienone is 3. The van der Waals surface area contributed by atoms with Crippen LogP contribution in [0.5, 0.6) is 0 Å². The van der Waals surface area contributed by atoms with Crippen molar-refractivity contribution in [3.63, 3.8) is 0 Å². The van der Waals surface area contributed by atoms with E-state index >= 15 is 0 Å². The molecule has 2 rings (SSSR count). The van der Waals surface area contributed by atoms with E-state index in [0.717, 1.165) is 22.2 Å². The molecule has 94 valence electrons. The van der Waals surface area contributed by atoms with Gasteiger partial charge in [-0.3, -0.25) is 4.79 Å². The summed E-state index contributed by atoms with van der Waals surface area (Å²) in [5.74, 6) is 0.590. The lowest BCUT2D eigenvalue weighted by Gasteiger charge is -1.98. The van der Waals surface area contributed by atoms with Crippen molar-refractivity contribution in [3.8, 4) is 0 Å². The van der Waals surface area contributed by atoms with E-state index in [2.05, 4.69) is 15.9 Å². The minimum atomic E-state index is -0.124. The molecule has 0 bridgehead atoms. The van der Waals surface area contributed by atoms with Crippen LogP contribution in [0.25, 0.3) is 6.08 Å². The molecule has 1 aliphatic rings. The molecule has 3 heteroatoms. The van der Waals surface area contributed by atoms with Crippen LogP contribution >= 0.6 is 15.9 Å². The van der Waals surface area contributed by atoms with Crippen molar-refractivity contribution < 1.29 is 9.53 Å². The van der Waals surface area contributed by atoms with Crippen molar-refractivity contribution in [3.05, 3.63) is 52.2 Å². The predicted octanol–water partition coefficient (Wildman–Crippen LogP) is 4.28. The van der Waals surface area contributed by atoms with Crippen LogP contribution in [-0.4, -0.2) is 5.97 Å². The van der Waals surface area contributed by atoms with Crippen LogP contribution in [0.1, 0.15) is 25.3 Å². The molecule has 0 saturated carbocycles. The van der Waals surface area contributed by atoms with E-state index in [1.165, 1.54) is 0 Å². The summed E-state index contributed by atoms with van der Waals surface area (Å²) in [5.41, 5.74) is 1.15. The average molecular weight is 307 g/mol. The average Bonchev–Trinajstić information content (AvgIpc) is 2.73. The first-order chi connectivity index (χ1) is 8.66. The Balaban J connectivity index is 1.94. The van der Waals surface area contributed by atoms with Crippen molar-refractivity contribution in [2.75, 3.05) is 0 Å². The van der Waals surface area contributed by atoms with Crippen molar-refractivity contribution in [2.24, 2.45) is 5.92 Å². The van der Waals surface area contributed by atoms with Gasteiger partial charge in [0.15, 0.2) is 0 Å². The van der Waals surface area contributed by atoms with Gasteiger partial charge < -0.3 is 4.74 Å². The van der Waals surface area contributed by atoms with E-state index in [1.54, 1.807) is 0 Å². The molecule has 1 aliphatic heterocycles. The number of rotatable bonds is 3. The molecule has 0 radical (unpaired) electrons. The number of hydrogen-bond donors (Lipinski definition) is 0. The van der Waals surface area contributed by atoms with E-state index in [0.29, 0.717) is 6.42 Å². The minimum absolute atomic E-state index is 0.0486.